The number of benzene rings is 2. The summed E-state index contributed by atoms with van der Waals surface area (Å²) in [6.07, 6.45) is 2.08. The average Bonchev–Trinajstić information content (AvgIpc) is 2.48. The second-order valence-electron chi connectivity index (χ2n) is 5.31. The van der Waals surface area contributed by atoms with E-state index in [1.54, 1.807) is 0 Å². The molecule has 1 N–H and O–H groups in total. The summed E-state index contributed by atoms with van der Waals surface area (Å²) in [5, 5.41) is 4.47. The van der Waals surface area contributed by atoms with Crippen molar-refractivity contribution >= 4 is 27.5 Å². The van der Waals surface area contributed by atoms with Crippen LogP contribution in [0.3, 0.4) is 0 Å². The van der Waals surface area contributed by atoms with E-state index in [-0.39, 0.29) is 0 Å². The number of rotatable bonds is 6. The van der Waals surface area contributed by atoms with Crippen molar-refractivity contribution in [1.82, 2.24) is 5.32 Å². The Labute approximate surface area is 140 Å². The van der Waals surface area contributed by atoms with Crippen LogP contribution in [0.15, 0.2) is 46.9 Å². The molecule has 2 aromatic rings. The summed E-state index contributed by atoms with van der Waals surface area (Å²) in [6.45, 7) is 5.26. The van der Waals surface area contributed by atoms with E-state index in [4.69, 9.17) is 11.6 Å². The Morgan fingerprint density at radius 2 is 1.95 bits per heavy atom. The van der Waals surface area contributed by atoms with Gasteiger partial charge in [-0.05, 0) is 55.1 Å². The minimum atomic E-state index is 0.305. The van der Waals surface area contributed by atoms with Gasteiger partial charge in [-0.3, -0.25) is 0 Å². The monoisotopic (exact) mass is 365 g/mol. The molecule has 1 atom stereocenters. The summed E-state index contributed by atoms with van der Waals surface area (Å²) < 4.78 is 1.17. The van der Waals surface area contributed by atoms with Crippen LogP contribution in [-0.2, 0) is 6.42 Å². The maximum atomic E-state index is 6.15. The molecular weight excluding hydrogens is 346 g/mol. The Morgan fingerprint density at radius 1 is 1.19 bits per heavy atom. The first-order chi connectivity index (χ1) is 10.1. The molecule has 0 aliphatic heterocycles. The fraction of sp³-hybridized carbons (Fsp3) is 0.333. The molecule has 112 valence electrons. The predicted molar refractivity (Wildman–Crippen MR) is 95.1 cm³/mol. The van der Waals surface area contributed by atoms with Crippen molar-refractivity contribution in [1.29, 1.82) is 0 Å². The van der Waals surface area contributed by atoms with E-state index >= 15 is 0 Å². The Hall–Kier alpha value is -0.830. The Balaban J connectivity index is 2.25. The topological polar surface area (TPSA) is 12.0 Å². The molecular formula is C18H21BrClN. The lowest BCUT2D eigenvalue weighted by atomic mass is 9.97. The lowest BCUT2D eigenvalue weighted by molar-refractivity contribution is 0.528. The van der Waals surface area contributed by atoms with Gasteiger partial charge in [-0.15, -0.1) is 0 Å². The van der Waals surface area contributed by atoms with Crippen LogP contribution in [0.2, 0.25) is 5.02 Å². The summed E-state index contributed by atoms with van der Waals surface area (Å²) in [5.74, 6) is 0. The minimum absolute atomic E-state index is 0.305. The molecule has 2 aromatic carbocycles. The molecule has 0 saturated heterocycles. The van der Waals surface area contributed by atoms with E-state index in [1.165, 1.54) is 15.6 Å². The van der Waals surface area contributed by atoms with E-state index in [2.05, 4.69) is 71.5 Å². The van der Waals surface area contributed by atoms with E-state index in [0.717, 1.165) is 30.0 Å². The quantitative estimate of drug-likeness (QED) is 0.692. The maximum absolute atomic E-state index is 6.15. The summed E-state index contributed by atoms with van der Waals surface area (Å²) in [5.41, 5.74) is 3.74. The van der Waals surface area contributed by atoms with E-state index in [9.17, 15) is 0 Å². The Kier molecular flexibility index (Phi) is 6.28. The summed E-state index contributed by atoms with van der Waals surface area (Å²) in [4.78, 5) is 0. The summed E-state index contributed by atoms with van der Waals surface area (Å²) in [7, 11) is 0. The molecule has 0 aromatic heterocycles. The molecule has 1 nitrogen and oxygen atoms in total. The molecule has 1 unspecified atom stereocenters. The molecule has 0 amide bonds. The van der Waals surface area contributed by atoms with Crippen LogP contribution in [0.1, 0.15) is 36.1 Å². The van der Waals surface area contributed by atoms with Gasteiger partial charge in [0.2, 0.25) is 0 Å². The first kappa shape index (κ1) is 16.5. The van der Waals surface area contributed by atoms with Crippen molar-refractivity contribution in [2.75, 3.05) is 6.54 Å². The second-order valence-corrected chi connectivity index (χ2v) is 6.57. The lowest BCUT2D eigenvalue weighted by Crippen LogP contribution is -2.24. The molecule has 0 aliphatic rings. The van der Waals surface area contributed by atoms with Gasteiger partial charge in [-0.25, -0.2) is 0 Å². The molecule has 3 heteroatoms. The van der Waals surface area contributed by atoms with Crippen LogP contribution in [0.25, 0.3) is 0 Å². The average molecular weight is 367 g/mol. The van der Waals surface area contributed by atoms with E-state index < -0.39 is 0 Å². The molecule has 0 radical (unpaired) electrons. The SMILES string of the molecule is CCCNC(Cc1ccccc1Br)c1ccc(Cl)c(C)c1. The van der Waals surface area contributed by atoms with Crippen molar-refractivity contribution < 1.29 is 0 Å². The number of aryl methyl sites for hydroxylation is 1. The first-order valence-electron chi connectivity index (χ1n) is 7.34. The van der Waals surface area contributed by atoms with Crippen LogP contribution >= 0.6 is 27.5 Å². The van der Waals surface area contributed by atoms with Crippen LogP contribution in [-0.4, -0.2) is 6.54 Å². The molecule has 0 saturated carbocycles. The van der Waals surface area contributed by atoms with Crippen LogP contribution < -0.4 is 5.32 Å². The number of hydrogen-bond donors (Lipinski definition) is 1. The van der Waals surface area contributed by atoms with Crippen molar-refractivity contribution in [3.63, 3.8) is 0 Å². The minimum Gasteiger partial charge on any atom is -0.310 e. The van der Waals surface area contributed by atoms with Crippen molar-refractivity contribution in [2.45, 2.75) is 32.7 Å². The normalized spacial score (nSPS) is 12.4. The smallest absolute Gasteiger partial charge is 0.0435 e. The van der Waals surface area contributed by atoms with Gasteiger partial charge < -0.3 is 5.32 Å². The molecule has 0 bridgehead atoms. The van der Waals surface area contributed by atoms with Gasteiger partial charge in [0.15, 0.2) is 0 Å². The molecule has 2 rings (SSSR count). The lowest BCUT2D eigenvalue weighted by Gasteiger charge is -2.20. The Bertz CT molecular complexity index is 598. The van der Waals surface area contributed by atoms with Gasteiger partial charge in [-0.2, -0.15) is 0 Å². The number of nitrogens with one attached hydrogen (secondary N) is 1. The van der Waals surface area contributed by atoms with Gasteiger partial charge >= 0.3 is 0 Å². The largest absolute Gasteiger partial charge is 0.310 e. The van der Waals surface area contributed by atoms with E-state index in [0.29, 0.717) is 6.04 Å². The van der Waals surface area contributed by atoms with Gasteiger partial charge in [0.25, 0.3) is 0 Å². The summed E-state index contributed by atoms with van der Waals surface area (Å²) in [6, 6.07) is 15.0. The highest BCUT2D eigenvalue weighted by atomic mass is 79.9. The number of halogens is 2. The zero-order chi connectivity index (χ0) is 15.2. The van der Waals surface area contributed by atoms with E-state index in [1.807, 2.05) is 6.07 Å². The van der Waals surface area contributed by atoms with Gasteiger partial charge in [0.1, 0.15) is 0 Å². The van der Waals surface area contributed by atoms with Crippen LogP contribution in [0.4, 0.5) is 0 Å². The highest BCUT2D eigenvalue weighted by Crippen LogP contribution is 2.26. The van der Waals surface area contributed by atoms with Crippen molar-refractivity contribution in [3.8, 4) is 0 Å². The Morgan fingerprint density at radius 3 is 2.62 bits per heavy atom. The molecule has 0 fully saturated rings. The van der Waals surface area contributed by atoms with Crippen molar-refractivity contribution in [2.24, 2.45) is 0 Å². The van der Waals surface area contributed by atoms with Crippen molar-refractivity contribution in [3.05, 3.63) is 68.7 Å². The van der Waals surface area contributed by atoms with Gasteiger partial charge in [0.05, 0.1) is 0 Å². The zero-order valence-electron chi connectivity index (χ0n) is 12.5. The third-order valence-electron chi connectivity index (χ3n) is 3.61. The van der Waals surface area contributed by atoms with Gasteiger partial charge in [-0.1, -0.05) is 64.8 Å². The number of hydrogen-bond acceptors (Lipinski definition) is 1. The standard InChI is InChI=1S/C18H21BrClN/c1-3-10-21-18(12-14-6-4-5-7-16(14)19)15-8-9-17(20)13(2)11-15/h4-9,11,18,21H,3,10,12H2,1-2H3. The third-order valence-corrected chi connectivity index (χ3v) is 4.80. The molecule has 0 spiro atoms. The highest BCUT2D eigenvalue weighted by Gasteiger charge is 2.14. The highest BCUT2D eigenvalue weighted by molar-refractivity contribution is 9.10. The second kappa shape index (κ2) is 7.98. The fourth-order valence-corrected chi connectivity index (χ4v) is 2.96. The van der Waals surface area contributed by atoms with Crippen LogP contribution in [0.5, 0.6) is 0 Å². The van der Waals surface area contributed by atoms with Gasteiger partial charge in [0, 0.05) is 15.5 Å². The summed E-state index contributed by atoms with van der Waals surface area (Å²) >= 11 is 9.79. The maximum Gasteiger partial charge on any atom is 0.0435 e. The fourth-order valence-electron chi connectivity index (χ4n) is 2.39. The predicted octanol–water partition coefficient (Wildman–Crippen LogP) is 5.69. The molecule has 0 aliphatic carbocycles. The first-order valence-corrected chi connectivity index (χ1v) is 8.51. The zero-order valence-corrected chi connectivity index (χ0v) is 14.8. The van der Waals surface area contributed by atoms with Crippen LogP contribution in [0, 0.1) is 6.92 Å². The third kappa shape index (κ3) is 4.57. The molecule has 0 heterocycles. The molecule has 21 heavy (non-hydrogen) atoms.